The number of ketones is 1. The predicted molar refractivity (Wildman–Crippen MR) is 53.8 cm³/mol. The summed E-state index contributed by atoms with van der Waals surface area (Å²) < 4.78 is 4.91. The Morgan fingerprint density at radius 2 is 2.27 bits per heavy atom. The molecule has 0 aliphatic rings. The fourth-order valence-corrected chi connectivity index (χ4v) is 1.28. The van der Waals surface area contributed by atoms with Crippen molar-refractivity contribution in [2.75, 3.05) is 7.11 Å². The first-order chi connectivity index (χ1) is 7.08. The number of ether oxygens (including phenoxy) is 1. The summed E-state index contributed by atoms with van der Waals surface area (Å²) in [5, 5.41) is 18.4. The molecule has 4 nitrogen and oxygen atoms in total. The van der Waals surface area contributed by atoms with Crippen LogP contribution in [0.5, 0.6) is 11.5 Å². The lowest BCUT2D eigenvalue weighted by Gasteiger charge is -2.07. The van der Waals surface area contributed by atoms with Gasteiger partial charge in [-0.2, -0.15) is 5.26 Å². The number of aromatic hydroxyl groups is 1. The van der Waals surface area contributed by atoms with Crippen molar-refractivity contribution in [3.05, 3.63) is 23.3 Å². The third-order valence-corrected chi connectivity index (χ3v) is 1.96. The molecule has 0 unspecified atom stereocenters. The van der Waals surface area contributed by atoms with Crippen LogP contribution in [0.2, 0.25) is 0 Å². The van der Waals surface area contributed by atoms with Gasteiger partial charge in [0.05, 0.1) is 12.7 Å². The summed E-state index contributed by atoms with van der Waals surface area (Å²) in [6.45, 7) is 1.43. The largest absolute Gasteiger partial charge is 0.508 e. The van der Waals surface area contributed by atoms with Gasteiger partial charge < -0.3 is 9.84 Å². The van der Waals surface area contributed by atoms with E-state index in [1.54, 1.807) is 0 Å². The molecule has 0 saturated heterocycles. The summed E-state index contributed by atoms with van der Waals surface area (Å²) >= 11 is 0. The summed E-state index contributed by atoms with van der Waals surface area (Å²) in [5.41, 5.74) is 0.756. The standard InChI is InChI=1S/C11H11NO3/c1-7(13)3-8-4-9(6-12)11(15-2)5-10(8)14/h4-5,14H,3H2,1-2H3. The number of phenols is 1. The SMILES string of the molecule is COc1cc(O)c(CC(C)=O)cc1C#N. The normalized spacial score (nSPS) is 9.40. The van der Waals surface area contributed by atoms with Gasteiger partial charge in [0.2, 0.25) is 0 Å². The van der Waals surface area contributed by atoms with Gasteiger partial charge in [0.1, 0.15) is 23.4 Å². The maximum absolute atomic E-state index is 10.9. The molecule has 1 aromatic rings. The van der Waals surface area contributed by atoms with Gasteiger partial charge in [0.15, 0.2) is 0 Å². The molecule has 1 N–H and O–H groups in total. The first kappa shape index (κ1) is 11.1. The smallest absolute Gasteiger partial charge is 0.140 e. The minimum absolute atomic E-state index is 0.0268. The van der Waals surface area contributed by atoms with E-state index in [0.29, 0.717) is 16.9 Å². The molecular formula is C11H11NO3. The van der Waals surface area contributed by atoms with E-state index in [-0.39, 0.29) is 18.0 Å². The van der Waals surface area contributed by atoms with Gasteiger partial charge in [-0.1, -0.05) is 0 Å². The van der Waals surface area contributed by atoms with Gasteiger partial charge in [-0.15, -0.1) is 0 Å². The number of rotatable bonds is 3. The second-order valence-corrected chi connectivity index (χ2v) is 3.17. The van der Waals surface area contributed by atoms with Crippen LogP contribution in [0.15, 0.2) is 12.1 Å². The van der Waals surface area contributed by atoms with E-state index in [1.807, 2.05) is 6.07 Å². The number of hydrogen-bond donors (Lipinski definition) is 1. The predicted octanol–water partition coefficient (Wildman–Crippen LogP) is 1.40. The molecule has 0 aromatic heterocycles. The lowest BCUT2D eigenvalue weighted by atomic mass is 10.0. The maximum atomic E-state index is 10.9. The Morgan fingerprint density at radius 3 is 2.73 bits per heavy atom. The second kappa shape index (κ2) is 4.47. The van der Waals surface area contributed by atoms with E-state index in [4.69, 9.17) is 10.00 Å². The zero-order chi connectivity index (χ0) is 11.4. The van der Waals surface area contributed by atoms with Gasteiger partial charge in [-0.3, -0.25) is 4.79 Å². The molecule has 0 radical (unpaired) electrons. The van der Waals surface area contributed by atoms with E-state index < -0.39 is 0 Å². The van der Waals surface area contributed by atoms with Crippen LogP contribution in [0, 0.1) is 11.3 Å². The Bertz CT molecular complexity index is 432. The molecule has 0 aliphatic heterocycles. The van der Waals surface area contributed by atoms with Crippen LogP contribution in [0.25, 0.3) is 0 Å². The number of phenolic OH excluding ortho intramolecular Hbond substituents is 1. The summed E-state index contributed by atoms with van der Waals surface area (Å²) in [5.74, 6) is 0.211. The lowest BCUT2D eigenvalue weighted by Crippen LogP contribution is -1.98. The van der Waals surface area contributed by atoms with Crippen LogP contribution in [0.3, 0.4) is 0 Å². The number of nitriles is 1. The summed E-state index contributed by atoms with van der Waals surface area (Å²) in [7, 11) is 1.42. The third-order valence-electron chi connectivity index (χ3n) is 1.96. The molecule has 0 heterocycles. The van der Waals surface area contributed by atoms with Crippen LogP contribution >= 0.6 is 0 Å². The zero-order valence-electron chi connectivity index (χ0n) is 8.57. The molecule has 0 bridgehead atoms. The highest BCUT2D eigenvalue weighted by Gasteiger charge is 2.10. The van der Waals surface area contributed by atoms with Gasteiger partial charge in [0.25, 0.3) is 0 Å². The molecule has 78 valence electrons. The van der Waals surface area contributed by atoms with Crippen LogP contribution in [0.1, 0.15) is 18.1 Å². The Morgan fingerprint density at radius 1 is 1.60 bits per heavy atom. The van der Waals surface area contributed by atoms with Crippen molar-refractivity contribution in [3.63, 3.8) is 0 Å². The van der Waals surface area contributed by atoms with E-state index in [1.165, 1.54) is 26.2 Å². The van der Waals surface area contributed by atoms with Gasteiger partial charge in [-0.25, -0.2) is 0 Å². The van der Waals surface area contributed by atoms with Crippen molar-refractivity contribution in [2.45, 2.75) is 13.3 Å². The van der Waals surface area contributed by atoms with Gasteiger partial charge in [-0.05, 0) is 13.0 Å². The van der Waals surface area contributed by atoms with Crippen molar-refractivity contribution >= 4 is 5.78 Å². The maximum Gasteiger partial charge on any atom is 0.140 e. The Hall–Kier alpha value is -2.02. The lowest BCUT2D eigenvalue weighted by molar-refractivity contribution is -0.116. The number of carbonyl (C=O) groups excluding carboxylic acids is 1. The summed E-state index contributed by atoms with van der Waals surface area (Å²) in [4.78, 5) is 10.9. The molecule has 0 amide bonds. The molecule has 4 heteroatoms. The van der Waals surface area contributed by atoms with Gasteiger partial charge >= 0.3 is 0 Å². The van der Waals surface area contributed by atoms with Crippen LogP contribution in [-0.2, 0) is 11.2 Å². The highest BCUT2D eigenvalue weighted by molar-refractivity contribution is 5.79. The molecule has 0 fully saturated rings. The molecular weight excluding hydrogens is 194 g/mol. The zero-order valence-corrected chi connectivity index (χ0v) is 8.57. The third kappa shape index (κ3) is 2.47. The minimum Gasteiger partial charge on any atom is -0.508 e. The monoisotopic (exact) mass is 205 g/mol. The Balaban J connectivity index is 3.21. The van der Waals surface area contributed by atoms with E-state index in [9.17, 15) is 9.90 Å². The number of hydrogen-bond acceptors (Lipinski definition) is 4. The molecule has 15 heavy (non-hydrogen) atoms. The highest BCUT2D eigenvalue weighted by atomic mass is 16.5. The first-order valence-corrected chi connectivity index (χ1v) is 4.38. The molecule has 1 rings (SSSR count). The van der Waals surface area contributed by atoms with E-state index in [2.05, 4.69) is 0 Å². The minimum atomic E-state index is -0.0700. The number of methoxy groups -OCH3 is 1. The molecule has 0 atom stereocenters. The summed E-state index contributed by atoms with van der Waals surface area (Å²) in [6, 6.07) is 4.75. The number of nitrogens with zero attached hydrogens (tertiary/aromatic N) is 1. The number of benzene rings is 1. The van der Waals surface area contributed by atoms with Crippen molar-refractivity contribution in [3.8, 4) is 17.6 Å². The fraction of sp³-hybridized carbons (Fsp3) is 0.273. The van der Waals surface area contributed by atoms with Crippen LogP contribution < -0.4 is 4.74 Å². The highest BCUT2D eigenvalue weighted by Crippen LogP contribution is 2.28. The van der Waals surface area contributed by atoms with E-state index in [0.717, 1.165) is 0 Å². The number of carbonyl (C=O) groups is 1. The Kier molecular flexibility index (Phi) is 3.29. The summed E-state index contributed by atoms with van der Waals surface area (Å²) in [6.07, 6.45) is 0.116. The quantitative estimate of drug-likeness (QED) is 0.809. The second-order valence-electron chi connectivity index (χ2n) is 3.17. The Labute approximate surface area is 87.7 Å². The van der Waals surface area contributed by atoms with Crippen molar-refractivity contribution < 1.29 is 14.6 Å². The molecule has 0 spiro atoms. The topological polar surface area (TPSA) is 70.3 Å². The van der Waals surface area contributed by atoms with Gasteiger partial charge in [0, 0.05) is 18.1 Å². The average Bonchev–Trinajstić information content (AvgIpc) is 2.19. The molecule has 1 aromatic carbocycles. The number of Topliss-reactive ketones (excluding diaryl/α,β-unsaturated/α-hetero) is 1. The first-order valence-electron chi connectivity index (χ1n) is 4.38. The average molecular weight is 205 g/mol. The fourth-order valence-electron chi connectivity index (χ4n) is 1.28. The molecule has 0 aliphatic carbocycles. The molecule has 0 saturated carbocycles. The van der Waals surface area contributed by atoms with E-state index >= 15 is 0 Å². The van der Waals surface area contributed by atoms with Crippen molar-refractivity contribution in [1.82, 2.24) is 0 Å². The van der Waals surface area contributed by atoms with Crippen LogP contribution in [0.4, 0.5) is 0 Å². The van der Waals surface area contributed by atoms with Crippen molar-refractivity contribution in [2.24, 2.45) is 0 Å². The van der Waals surface area contributed by atoms with Crippen molar-refractivity contribution in [1.29, 1.82) is 5.26 Å². The van der Waals surface area contributed by atoms with Crippen LogP contribution in [-0.4, -0.2) is 18.0 Å².